The van der Waals surface area contributed by atoms with Gasteiger partial charge in [-0.25, -0.2) is 0 Å². The third-order valence-electron chi connectivity index (χ3n) is 2.67. The predicted molar refractivity (Wildman–Crippen MR) is 97.9 cm³/mol. The molecule has 0 aromatic carbocycles. The van der Waals surface area contributed by atoms with Crippen LogP contribution in [0.3, 0.4) is 0 Å². The molecule has 0 radical (unpaired) electrons. The Morgan fingerprint density at radius 1 is 1.55 bits per heavy atom. The molecule has 0 fully saturated rings. The van der Waals surface area contributed by atoms with Gasteiger partial charge in [0.25, 0.3) is 0 Å². The summed E-state index contributed by atoms with van der Waals surface area (Å²) in [5.41, 5.74) is 2.02. The standard InChI is InChI=1S/C16H18INOS/c1-5-14(9-12(2)17)15-7-6-8-18(4)16(19)11-20-13(3)10-15/h5-7,9-10H,1-3,8,11H2,4H3/b7-6-,14-9+,15-10+. The van der Waals surface area contributed by atoms with E-state index in [1.165, 1.54) is 11.8 Å². The molecule has 0 aliphatic carbocycles. The highest BCUT2D eigenvalue weighted by Gasteiger charge is 2.10. The van der Waals surface area contributed by atoms with Gasteiger partial charge < -0.3 is 4.90 Å². The number of amides is 1. The number of likely N-dealkylation sites (N-methyl/N-ethyl adjacent to an activating group) is 1. The minimum atomic E-state index is 0.109. The first-order valence-electron chi connectivity index (χ1n) is 6.07. The van der Waals surface area contributed by atoms with E-state index in [2.05, 4.69) is 42.3 Å². The zero-order valence-corrected chi connectivity index (χ0v) is 14.5. The first-order chi connectivity index (χ1) is 9.43. The minimum Gasteiger partial charge on any atom is -0.341 e. The Hall–Kier alpha value is -1.01. The number of nitrogens with zero attached hydrogens (tertiary/aromatic N) is 1. The van der Waals surface area contributed by atoms with Gasteiger partial charge in [0.2, 0.25) is 5.91 Å². The average molecular weight is 399 g/mol. The fourth-order valence-electron chi connectivity index (χ4n) is 1.58. The quantitative estimate of drug-likeness (QED) is 0.523. The van der Waals surface area contributed by atoms with E-state index in [1.807, 2.05) is 24.3 Å². The van der Waals surface area contributed by atoms with Crippen LogP contribution in [0.2, 0.25) is 0 Å². The predicted octanol–water partition coefficient (Wildman–Crippen LogP) is 4.25. The van der Waals surface area contributed by atoms with Gasteiger partial charge in [-0.3, -0.25) is 4.79 Å². The summed E-state index contributed by atoms with van der Waals surface area (Å²) in [4.78, 5) is 14.3. The van der Waals surface area contributed by atoms with Crippen LogP contribution in [-0.4, -0.2) is 30.2 Å². The van der Waals surface area contributed by atoms with Crippen molar-refractivity contribution in [1.82, 2.24) is 4.90 Å². The van der Waals surface area contributed by atoms with Crippen LogP contribution in [0.1, 0.15) is 0 Å². The third-order valence-corrected chi connectivity index (χ3v) is 3.86. The first-order valence-corrected chi connectivity index (χ1v) is 8.13. The summed E-state index contributed by atoms with van der Waals surface area (Å²) in [6, 6.07) is 0. The lowest BCUT2D eigenvalue weighted by atomic mass is 10.0. The molecular formula is C16H18INOS. The van der Waals surface area contributed by atoms with Crippen LogP contribution in [0.4, 0.5) is 0 Å². The highest BCUT2D eigenvalue weighted by molar-refractivity contribution is 14.1. The van der Waals surface area contributed by atoms with Gasteiger partial charge in [0.15, 0.2) is 0 Å². The molecule has 0 aromatic rings. The molecule has 20 heavy (non-hydrogen) atoms. The molecule has 0 saturated heterocycles. The molecule has 1 rings (SSSR count). The van der Waals surface area contributed by atoms with Crippen molar-refractivity contribution in [2.45, 2.75) is 0 Å². The van der Waals surface area contributed by atoms with E-state index in [9.17, 15) is 4.79 Å². The molecule has 0 aromatic heterocycles. The second-order valence-electron chi connectivity index (χ2n) is 4.28. The number of hydrogen-bond acceptors (Lipinski definition) is 2. The fraction of sp³-hybridized carbons (Fsp3) is 0.188. The zero-order valence-electron chi connectivity index (χ0n) is 11.6. The topological polar surface area (TPSA) is 20.3 Å². The Labute approximate surface area is 138 Å². The summed E-state index contributed by atoms with van der Waals surface area (Å²) >= 11 is 3.62. The van der Waals surface area contributed by atoms with Crippen molar-refractivity contribution in [3.63, 3.8) is 0 Å². The Morgan fingerprint density at radius 2 is 2.25 bits per heavy atom. The number of allylic oxidation sites excluding steroid dienone is 7. The molecule has 0 saturated carbocycles. The summed E-state index contributed by atoms with van der Waals surface area (Å²) in [5.74, 6) is 0.525. The average Bonchev–Trinajstić information content (AvgIpc) is 2.40. The van der Waals surface area contributed by atoms with Crippen LogP contribution in [-0.2, 0) is 4.79 Å². The van der Waals surface area contributed by atoms with Crippen molar-refractivity contribution in [2.24, 2.45) is 0 Å². The summed E-state index contributed by atoms with van der Waals surface area (Å²) < 4.78 is 0.939. The SMILES string of the molecule is C=CC(=C\C(=C)I)/C1=C/C(=C)SCC(=O)N(C)C/C=C\1. The Morgan fingerprint density at radius 3 is 2.85 bits per heavy atom. The van der Waals surface area contributed by atoms with E-state index in [4.69, 9.17) is 0 Å². The molecule has 0 N–H and O–H groups in total. The van der Waals surface area contributed by atoms with Crippen LogP contribution in [0.15, 0.2) is 69.7 Å². The van der Waals surface area contributed by atoms with Gasteiger partial charge in [-0.15, -0.1) is 11.8 Å². The highest BCUT2D eigenvalue weighted by Crippen LogP contribution is 2.24. The van der Waals surface area contributed by atoms with Crippen molar-refractivity contribution in [3.05, 3.63) is 69.7 Å². The van der Waals surface area contributed by atoms with Crippen molar-refractivity contribution >= 4 is 40.3 Å². The van der Waals surface area contributed by atoms with Gasteiger partial charge in [0.05, 0.1) is 5.75 Å². The molecule has 0 spiro atoms. The van der Waals surface area contributed by atoms with E-state index in [-0.39, 0.29) is 5.91 Å². The third kappa shape index (κ3) is 5.54. The van der Waals surface area contributed by atoms with Gasteiger partial charge >= 0.3 is 0 Å². The second kappa shape index (κ2) is 8.32. The van der Waals surface area contributed by atoms with Crippen LogP contribution in [0.25, 0.3) is 0 Å². The molecule has 1 aliphatic rings. The molecule has 1 heterocycles. The largest absolute Gasteiger partial charge is 0.341 e. The van der Waals surface area contributed by atoms with Gasteiger partial charge in [-0.1, -0.05) is 38.0 Å². The summed E-state index contributed by atoms with van der Waals surface area (Å²) in [6.45, 7) is 12.3. The molecular weight excluding hydrogens is 381 g/mol. The Balaban J connectivity index is 3.12. The number of carbonyl (C=O) groups excluding carboxylic acids is 1. The van der Waals surface area contributed by atoms with Crippen LogP contribution in [0, 0.1) is 0 Å². The molecule has 0 atom stereocenters. The van der Waals surface area contributed by atoms with Crippen LogP contribution in [0.5, 0.6) is 0 Å². The molecule has 2 nitrogen and oxygen atoms in total. The van der Waals surface area contributed by atoms with Gasteiger partial charge in [-0.05, 0) is 45.9 Å². The number of carbonyl (C=O) groups is 1. The van der Waals surface area contributed by atoms with Crippen LogP contribution >= 0.6 is 34.4 Å². The van der Waals surface area contributed by atoms with E-state index >= 15 is 0 Å². The number of halogens is 1. The Bertz CT molecular complexity index is 529. The number of hydrogen-bond donors (Lipinski definition) is 0. The van der Waals surface area contributed by atoms with E-state index in [1.54, 1.807) is 18.0 Å². The smallest absolute Gasteiger partial charge is 0.232 e. The molecule has 0 bridgehead atoms. The monoisotopic (exact) mass is 399 g/mol. The Kier molecular flexibility index (Phi) is 7.09. The van der Waals surface area contributed by atoms with Crippen molar-refractivity contribution < 1.29 is 4.79 Å². The van der Waals surface area contributed by atoms with E-state index in [0.717, 1.165) is 19.6 Å². The second-order valence-corrected chi connectivity index (χ2v) is 6.77. The summed E-state index contributed by atoms with van der Waals surface area (Å²) in [7, 11) is 1.80. The minimum absolute atomic E-state index is 0.109. The zero-order chi connectivity index (χ0) is 15.1. The maximum absolute atomic E-state index is 11.8. The van der Waals surface area contributed by atoms with Gasteiger partial charge in [0.1, 0.15) is 0 Å². The normalized spacial score (nSPS) is 22.0. The number of rotatable bonds is 3. The van der Waals surface area contributed by atoms with Crippen molar-refractivity contribution in [1.29, 1.82) is 0 Å². The molecule has 4 heteroatoms. The van der Waals surface area contributed by atoms with E-state index < -0.39 is 0 Å². The summed E-state index contributed by atoms with van der Waals surface area (Å²) in [6.07, 6.45) is 9.72. The molecule has 106 valence electrons. The lowest BCUT2D eigenvalue weighted by molar-refractivity contribution is -0.126. The number of thioether (sulfide) groups is 1. The first kappa shape index (κ1) is 17.0. The molecule has 1 amide bonds. The molecule has 0 unspecified atom stereocenters. The maximum Gasteiger partial charge on any atom is 0.232 e. The van der Waals surface area contributed by atoms with E-state index in [0.29, 0.717) is 12.3 Å². The lowest BCUT2D eigenvalue weighted by Gasteiger charge is -2.16. The van der Waals surface area contributed by atoms with Gasteiger partial charge in [0, 0.05) is 22.1 Å². The van der Waals surface area contributed by atoms with Crippen LogP contribution < -0.4 is 0 Å². The molecule has 1 aliphatic heterocycles. The maximum atomic E-state index is 11.8. The van der Waals surface area contributed by atoms with Crippen molar-refractivity contribution in [3.8, 4) is 0 Å². The van der Waals surface area contributed by atoms with Gasteiger partial charge in [-0.2, -0.15) is 0 Å². The fourth-order valence-corrected chi connectivity index (χ4v) is 2.65. The summed E-state index contributed by atoms with van der Waals surface area (Å²) in [5, 5.41) is 0. The highest BCUT2D eigenvalue weighted by atomic mass is 127. The van der Waals surface area contributed by atoms with Crippen molar-refractivity contribution in [2.75, 3.05) is 19.3 Å². The lowest BCUT2D eigenvalue weighted by Crippen LogP contribution is -2.28.